The minimum atomic E-state index is -0.857. The molecule has 0 aliphatic heterocycles. The number of amides is 1. The van der Waals surface area contributed by atoms with Crippen molar-refractivity contribution in [1.29, 1.82) is 0 Å². The topological polar surface area (TPSA) is 77.5 Å². The number of nitrogens with one attached hydrogen (secondary N) is 1. The summed E-state index contributed by atoms with van der Waals surface area (Å²) >= 11 is 5.31. The summed E-state index contributed by atoms with van der Waals surface area (Å²) in [5, 5.41) is 5.24. The molecule has 2 rings (SSSR count). The molecule has 0 aliphatic rings. The van der Waals surface area contributed by atoms with Crippen molar-refractivity contribution >= 4 is 41.2 Å². The molecule has 0 unspecified atom stereocenters. The molecule has 0 radical (unpaired) electrons. The van der Waals surface area contributed by atoms with Gasteiger partial charge in [-0.15, -0.1) is 24.0 Å². The van der Waals surface area contributed by atoms with Crippen LogP contribution in [0.2, 0.25) is 0 Å². The number of aromatic nitrogens is 1. The third-order valence-corrected chi connectivity index (χ3v) is 3.46. The van der Waals surface area contributed by atoms with Crippen LogP contribution >= 0.6 is 24.0 Å². The SMILES string of the molecule is CCOC(=O)Oc1ccccc1C(=O)Nc1nc(S)cs1. The van der Waals surface area contributed by atoms with Crippen LogP contribution in [0.1, 0.15) is 17.3 Å². The molecule has 2 aromatic rings. The van der Waals surface area contributed by atoms with Gasteiger partial charge in [-0.2, -0.15) is 0 Å². The Morgan fingerprint density at radius 2 is 2.14 bits per heavy atom. The summed E-state index contributed by atoms with van der Waals surface area (Å²) in [6.07, 6.45) is -0.857. The fraction of sp³-hybridized carbons (Fsp3) is 0.154. The summed E-state index contributed by atoms with van der Waals surface area (Å²) in [5.74, 6) is -0.311. The van der Waals surface area contributed by atoms with Crippen LogP contribution in [0.3, 0.4) is 0 Å². The van der Waals surface area contributed by atoms with Crippen LogP contribution < -0.4 is 10.1 Å². The lowest BCUT2D eigenvalue weighted by Crippen LogP contribution is -2.16. The zero-order valence-corrected chi connectivity index (χ0v) is 12.7. The van der Waals surface area contributed by atoms with Gasteiger partial charge in [-0.3, -0.25) is 10.1 Å². The first kappa shape index (κ1) is 15.3. The Morgan fingerprint density at radius 3 is 2.81 bits per heavy atom. The smallest absolute Gasteiger partial charge is 0.434 e. The van der Waals surface area contributed by atoms with Gasteiger partial charge in [0.25, 0.3) is 5.91 Å². The van der Waals surface area contributed by atoms with E-state index in [0.29, 0.717) is 10.2 Å². The third kappa shape index (κ3) is 4.20. The third-order valence-electron chi connectivity index (χ3n) is 2.30. The molecule has 0 fully saturated rings. The molecule has 1 aromatic heterocycles. The zero-order chi connectivity index (χ0) is 15.2. The number of para-hydroxylation sites is 1. The number of anilines is 1. The molecular weight excluding hydrogens is 312 g/mol. The predicted molar refractivity (Wildman–Crippen MR) is 81.4 cm³/mol. The predicted octanol–water partition coefficient (Wildman–Crippen LogP) is 3.22. The van der Waals surface area contributed by atoms with Gasteiger partial charge in [0.15, 0.2) is 5.13 Å². The normalized spacial score (nSPS) is 10.0. The van der Waals surface area contributed by atoms with Gasteiger partial charge in [-0.25, -0.2) is 9.78 Å². The number of carbonyl (C=O) groups is 2. The van der Waals surface area contributed by atoms with Crippen LogP contribution in [0.4, 0.5) is 9.93 Å². The van der Waals surface area contributed by atoms with E-state index in [1.54, 1.807) is 30.5 Å². The molecule has 1 N–H and O–H groups in total. The lowest BCUT2D eigenvalue weighted by molar-refractivity contribution is 0.0994. The number of carbonyl (C=O) groups excluding carboxylic acids is 2. The fourth-order valence-electron chi connectivity index (χ4n) is 1.47. The summed E-state index contributed by atoms with van der Waals surface area (Å²) < 4.78 is 9.68. The molecule has 1 aromatic carbocycles. The molecular formula is C13H12N2O4S2. The molecule has 0 aliphatic carbocycles. The average molecular weight is 324 g/mol. The summed E-state index contributed by atoms with van der Waals surface area (Å²) in [7, 11) is 0. The Labute approximate surface area is 130 Å². The van der Waals surface area contributed by atoms with Crippen LogP contribution in [0.5, 0.6) is 5.75 Å². The minimum absolute atomic E-state index is 0.121. The lowest BCUT2D eigenvalue weighted by Gasteiger charge is -2.08. The second kappa shape index (κ2) is 7.09. The molecule has 0 atom stereocenters. The molecule has 1 heterocycles. The first-order valence-corrected chi connectivity index (χ1v) is 7.32. The average Bonchev–Trinajstić information content (AvgIpc) is 2.85. The monoisotopic (exact) mass is 324 g/mol. The van der Waals surface area contributed by atoms with Crippen LogP contribution in [-0.2, 0) is 4.74 Å². The van der Waals surface area contributed by atoms with Crippen molar-refractivity contribution in [3.05, 3.63) is 35.2 Å². The zero-order valence-electron chi connectivity index (χ0n) is 11.0. The Hall–Kier alpha value is -2.06. The van der Waals surface area contributed by atoms with Gasteiger partial charge in [0.1, 0.15) is 10.8 Å². The molecule has 0 saturated carbocycles. The first-order chi connectivity index (χ1) is 10.1. The Morgan fingerprint density at radius 1 is 1.38 bits per heavy atom. The molecule has 21 heavy (non-hydrogen) atoms. The summed E-state index contributed by atoms with van der Waals surface area (Å²) in [6, 6.07) is 6.37. The summed E-state index contributed by atoms with van der Waals surface area (Å²) in [5.41, 5.74) is 0.210. The van der Waals surface area contributed by atoms with Crippen LogP contribution in [0.25, 0.3) is 0 Å². The van der Waals surface area contributed by atoms with Crippen molar-refractivity contribution in [2.75, 3.05) is 11.9 Å². The Balaban J connectivity index is 2.15. The summed E-state index contributed by atoms with van der Waals surface area (Å²) in [6.45, 7) is 1.86. The minimum Gasteiger partial charge on any atom is -0.434 e. The second-order valence-corrected chi connectivity index (χ2v) is 5.06. The van der Waals surface area contributed by atoms with Gasteiger partial charge in [-0.1, -0.05) is 12.1 Å². The number of hydrogen-bond donors (Lipinski definition) is 2. The summed E-state index contributed by atoms with van der Waals surface area (Å²) in [4.78, 5) is 27.5. The van der Waals surface area contributed by atoms with E-state index in [1.807, 2.05) is 0 Å². The van der Waals surface area contributed by atoms with Gasteiger partial charge in [0, 0.05) is 5.38 Å². The molecule has 6 nitrogen and oxygen atoms in total. The van der Waals surface area contributed by atoms with Crippen molar-refractivity contribution in [3.63, 3.8) is 0 Å². The molecule has 0 spiro atoms. The lowest BCUT2D eigenvalue weighted by atomic mass is 10.2. The highest BCUT2D eigenvalue weighted by Crippen LogP contribution is 2.22. The Bertz CT molecular complexity index is 657. The molecule has 110 valence electrons. The van der Waals surface area contributed by atoms with Crippen molar-refractivity contribution in [2.45, 2.75) is 11.9 Å². The van der Waals surface area contributed by atoms with E-state index in [1.165, 1.54) is 17.4 Å². The van der Waals surface area contributed by atoms with Crippen LogP contribution in [-0.4, -0.2) is 23.7 Å². The van der Waals surface area contributed by atoms with Crippen molar-refractivity contribution in [3.8, 4) is 5.75 Å². The highest BCUT2D eigenvalue weighted by atomic mass is 32.1. The maximum atomic E-state index is 12.2. The van der Waals surface area contributed by atoms with Crippen molar-refractivity contribution in [1.82, 2.24) is 4.98 Å². The number of nitrogens with zero attached hydrogens (tertiary/aromatic N) is 1. The van der Waals surface area contributed by atoms with E-state index in [0.717, 1.165) is 0 Å². The molecule has 8 heteroatoms. The van der Waals surface area contributed by atoms with E-state index in [9.17, 15) is 9.59 Å². The maximum absolute atomic E-state index is 12.2. The van der Waals surface area contributed by atoms with Gasteiger partial charge in [-0.05, 0) is 19.1 Å². The maximum Gasteiger partial charge on any atom is 0.513 e. The molecule has 0 saturated heterocycles. The Kier molecular flexibility index (Phi) is 5.18. The second-order valence-electron chi connectivity index (χ2n) is 3.75. The standard InChI is InChI=1S/C13H12N2O4S2/c1-2-18-13(17)19-9-6-4-3-5-8(9)11(16)15-12-14-10(20)7-21-12/h3-7,20H,2H2,1H3,(H,14,15,16). The number of rotatable bonds is 4. The van der Waals surface area contributed by atoms with Crippen molar-refractivity contribution in [2.24, 2.45) is 0 Å². The number of benzene rings is 1. The quantitative estimate of drug-likeness (QED) is 0.513. The van der Waals surface area contributed by atoms with Gasteiger partial charge >= 0.3 is 6.16 Å². The fourth-order valence-corrected chi connectivity index (χ4v) is 2.37. The first-order valence-electron chi connectivity index (χ1n) is 5.99. The molecule has 0 bridgehead atoms. The van der Waals surface area contributed by atoms with E-state index < -0.39 is 12.1 Å². The number of hydrogen-bond acceptors (Lipinski definition) is 7. The van der Waals surface area contributed by atoms with Gasteiger partial charge in [0.2, 0.25) is 0 Å². The number of thiol groups is 1. The number of thiazole rings is 1. The highest BCUT2D eigenvalue weighted by molar-refractivity contribution is 7.80. The molecule has 1 amide bonds. The van der Waals surface area contributed by atoms with E-state index in [-0.39, 0.29) is 17.9 Å². The van der Waals surface area contributed by atoms with Crippen molar-refractivity contribution < 1.29 is 19.1 Å². The van der Waals surface area contributed by atoms with Gasteiger partial charge < -0.3 is 9.47 Å². The van der Waals surface area contributed by atoms with E-state index >= 15 is 0 Å². The van der Waals surface area contributed by atoms with Gasteiger partial charge in [0.05, 0.1) is 12.2 Å². The largest absolute Gasteiger partial charge is 0.513 e. The highest BCUT2D eigenvalue weighted by Gasteiger charge is 2.16. The van der Waals surface area contributed by atoms with Crippen LogP contribution in [0, 0.1) is 0 Å². The number of ether oxygens (including phenoxy) is 2. The van der Waals surface area contributed by atoms with E-state index in [4.69, 9.17) is 4.74 Å². The van der Waals surface area contributed by atoms with Crippen LogP contribution in [0.15, 0.2) is 34.7 Å². The van der Waals surface area contributed by atoms with E-state index in [2.05, 4.69) is 27.7 Å².